The van der Waals surface area contributed by atoms with Crippen LogP contribution in [0.2, 0.25) is 0 Å². The number of rotatable bonds is 4. The summed E-state index contributed by atoms with van der Waals surface area (Å²) in [5.74, 6) is -0.597. The molecule has 1 atom stereocenters. The lowest BCUT2D eigenvalue weighted by Crippen LogP contribution is -2.50. The maximum Gasteiger partial charge on any atom is 0.262 e. The maximum absolute atomic E-state index is 13.9. The smallest absolute Gasteiger partial charge is 0.262 e. The van der Waals surface area contributed by atoms with E-state index in [9.17, 15) is 14.0 Å². The number of hydrogen-bond acceptors (Lipinski definition) is 4. The van der Waals surface area contributed by atoms with Gasteiger partial charge in [0.05, 0.1) is 24.5 Å². The molecule has 0 unspecified atom stereocenters. The SMILES string of the molecule is CNC(=O)[C@@H]1CN(CC(=O)Nc2ccc(C)cc2F)c2ccccc2O1. The van der Waals surface area contributed by atoms with Gasteiger partial charge < -0.3 is 20.3 Å². The highest BCUT2D eigenvalue weighted by Gasteiger charge is 2.31. The first kappa shape index (κ1) is 17.7. The van der Waals surface area contributed by atoms with Crippen LogP contribution >= 0.6 is 0 Å². The first-order chi connectivity index (χ1) is 12.5. The zero-order valence-corrected chi connectivity index (χ0v) is 14.6. The molecule has 2 aromatic carbocycles. The number of amides is 2. The quantitative estimate of drug-likeness (QED) is 0.879. The molecule has 3 rings (SSSR count). The largest absolute Gasteiger partial charge is 0.477 e. The molecule has 7 heteroatoms. The third kappa shape index (κ3) is 3.77. The van der Waals surface area contributed by atoms with E-state index in [0.717, 1.165) is 5.56 Å². The van der Waals surface area contributed by atoms with Crippen LogP contribution in [0, 0.1) is 12.7 Å². The second kappa shape index (κ2) is 7.43. The lowest BCUT2D eigenvalue weighted by molar-refractivity contribution is -0.127. The Morgan fingerprint density at radius 3 is 2.77 bits per heavy atom. The van der Waals surface area contributed by atoms with Crippen molar-refractivity contribution in [3.05, 3.63) is 53.8 Å². The van der Waals surface area contributed by atoms with Crippen molar-refractivity contribution in [2.45, 2.75) is 13.0 Å². The summed E-state index contributed by atoms with van der Waals surface area (Å²) in [6, 6.07) is 11.8. The predicted octanol–water partition coefficient (Wildman–Crippen LogP) is 2.09. The molecule has 2 aromatic rings. The minimum Gasteiger partial charge on any atom is -0.477 e. The number of halogens is 1. The van der Waals surface area contributed by atoms with Gasteiger partial charge in [0.15, 0.2) is 6.10 Å². The summed E-state index contributed by atoms with van der Waals surface area (Å²) in [5, 5.41) is 5.13. The van der Waals surface area contributed by atoms with Gasteiger partial charge in [-0.2, -0.15) is 0 Å². The Labute approximate surface area is 150 Å². The number of nitrogens with one attached hydrogen (secondary N) is 2. The number of hydrogen-bond donors (Lipinski definition) is 2. The molecular weight excluding hydrogens is 337 g/mol. The lowest BCUT2D eigenvalue weighted by Gasteiger charge is -2.35. The van der Waals surface area contributed by atoms with Crippen molar-refractivity contribution in [1.29, 1.82) is 0 Å². The van der Waals surface area contributed by atoms with Crippen LogP contribution < -0.4 is 20.3 Å². The van der Waals surface area contributed by atoms with Crippen molar-refractivity contribution in [2.75, 3.05) is 30.4 Å². The molecule has 1 aliphatic rings. The van der Waals surface area contributed by atoms with Gasteiger partial charge in [-0.3, -0.25) is 9.59 Å². The van der Waals surface area contributed by atoms with Gasteiger partial charge in [-0.15, -0.1) is 0 Å². The number of anilines is 2. The molecule has 0 saturated carbocycles. The highest BCUT2D eigenvalue weighted by Crippen LogP contribution is 2.33. The monoisotopic (exact) mass is 357 g/mol. The fourth-order valence-electron chi connectivity index (χ4n) is 2.84. The zero-order valence-electron chi connectivity index (χ0n) is 14.6. The molecule has 0 saturated heterocycles. The van der Waals surface area contributed by atoms with E-state index in [1.165, 1.54) is 19.2 Å². The summed E-state index contributed by atoms with van der Waals surface area (Å²) in [5.41, 5.74) is 1.62. The third-order valence-corrected chi connectivity index (χ3v) is 4.13. The number of benzene rings is 2. The second-order valence-corrected chi connectivity index (χ2v) is 6.10. The van der Waals surface area contributed by atoms with Crippen LogP contribution in [0.1, 0.15) is 5.56 Å². The van der Waals surface area contributed by atoms with E-state index in [1.54, 1.807) is 30.0 Å². The Hall–Kier alpha value is -3.09. The minimum absolute atomic E-state index is 0.0266. The van der Waals surface area contributed by atoms with Crippen LogP contribution in [-0.4, -0.2) is 38.1 Å². The normalized spacial score (nSPS) is 15.7. The van der Waals surface area contributed by atoms with E-state index in [1.807, 2.05) is 12.1 Å². The van der Waals surface area contributed by atoms with Crippen molar-refractivity contribution >= 4 is 23.2 Å². The Balaban J connectivity index is 1.76. The second-order valence-electron chi connectivity index (χ2n) is 6.10. The summed E-state index contributed by atoms with van der Waals surface area (Å²) in [4.78, 5) is 26.1. The van der Waals surface area contributed by atoms with E-state index in [0.29, 0.717) is 11.4 Å². The van der Waals surface area contributed by atoms with Gasteiger partial charge >= 0.3 is 0 Å². The summed E-state index contributed by atoms with van der Waals surface area (Å²) >= 11 is 0. The van der Waals surface area contributed by atoms with Crippen LogP contribution in [0.25, 0.3) is 0 Å². The summed E-state index contributed by atoms with van der Waals surface area (Å²) < 4.78 is 19.6. The summed E-state index contributed by atoms with van der Waals surface area (Å²) in [6.45, 7) is 1.97. The molecule has 26 heavy (non-hydrogen) atoms. The number of fused-ring (bicyclic) bond motifs is 1. The van der Waals surface area contributed by atoms with Gasteiger partial charge in [0.2, 0.25) is 5.91 Å². The maximum atomic E-state index is 13.9. The number of carbonyl (C=O) groups excluding carboxylic acids is 2. The highest BCUT2D eigenvalue weighted by atomic mass is 19.1. The number of aryl methyl sites for hydroxylation is 1. The zero-order chi connectivity index (χ0) is 18.7. The van der Waals surface area contributed by atoms with Gasteiger partial charge in [-0.05, 0) is 36.8 Å². The number of para-hydroxylation sites is 2. The molecule has 0 fully saturated rings. The standard InChI is InChI=1S/C19H20FN3O3/c1-12-7-8-14(13(20)9-12)22-18(24)11-23-10-17(19(25)21-2)26-16-6-4-3-5-15(16)23/h3-9,17H,10-11H2,1-2H3,(H,21,25)(H,22,24)/t17-/m0/s1. The van der Waals surface area contributed by atoms with Gasteiger partial charge in [-0.1, -0.05) is 18.2 Å². The molecule has 0 aliphatic carbocycles. The number of nitrogens with zero attached hydrogens (tertiary/aromatic N) is 1. The number of carbonyl (C=O) groups is 2. The van der Waals surface area contributed by atoms with E-state index >= 15 is 0 Å². The molecular formula is C19H20FN3O3. The average molecular weight is 357 g/mol. The van der Waals surface area contributed by atoms with Crippen LogP contribution in [0.4, 0.5) is 15.8 Å². The molecule has 0 aromatic heterocycles. The van der Waals surface area contributed by atoms with Gasteiger partial charge in [0.1, 0.15) is 11.6 Å². The molecule has 0 spiro atoms. The lowest BCUT2D eigenvalue weighted by atomic mass is 10.1. The summed E-state index contributed by atoms with van der Waals surface area (Å²) in [6.07, 6.45) is -0.723. The topological polar surface area (TPSA) is 70.7 Å². The molecule has 0 radical (unpaired) electrons. The average Bonchev–Trinajstić information content (AvgIpc) is 2.63. The molecule has 0 bridgehead atoms. The van der Waals surface area contributed by atoms with E-state index < -0.39 is 11.9 Å². The van der Waals surface area contributed by atoms with Crippen molar-refractivity contribution in [2.24, 2.45) is 0 Å². The van der Waals surface area contributed by atoms with E-state index in [4.69, 9.17) is 4.74 Å². The molecule has 1 aliphatic heterocycles. The highest BCUT2D eigenvalue weighted by molar-refractivity contribution is 5.95. The predicted molar refractivity (Wildman–Crippen MR) is 96.9 cm³/mol. The van der Waals surface area contributed by atoms with Crippen molar-refractivity contribution < 1.29 is 18.7 Å². The minimum atomic E-state index is -0.723. The molecule has 6 nitrogen and oxygen atoms in total. The fraction of sp³-hybridized carbons (Fsp3) is 0.263. The fourth-order valence-corrected chi connectivity index (χ4v) is 2.84. The van der Waals surface area contributed by atoms with Crippen LogP contribution in [-0.2, 0) is 9.59 Å². The number of likely N-dealkylation sites (N-methyl/N-ethyl adjacent to an activating group) is 1. The Bertz CT molecular complexity index is 841. The molecule has 2 N–H and O–H groups in total. The molecule has 2 amide bonds. The van der Waals surface area contributed by atoms with Crippen LogP contribution in [0.5, 0.6) is 5.75 Å². The Morgan fingerprint density at radius 1 is 1.27 bits per heavy atom. The molecule has 136 valence electrons. The van der Waals surface area contributed by atoms with Crippen LogP contribution in [0.3, 0.4) is 0 Å². The third-order valence-electron chi connectivity index (χ3n) is 4.13. The van der Waals surface area contributed by atoms with Crippen LogP contribution in [0.15, 0.2) is 42.5 Å². The Morgan fingerprint density at radius 2 is 2.04 bits per heavy atom. The first-order valence-corrected chi connectivity index (χ1v) is 8.26. The van der Waals surface area contributed by atoms with Gasteiger partial charge in [-0.25, -0.2) is 4.39 Å². The van der Waals surface area contributed by atoms with Gasteiger partial charge in [0.25, 0.3) is 5.91 Å². The number of ether oxygens (including phenoxy) is 1. The van der Waals surface area contributed by atoms with Crippen molar-refractivity contribution in [3.63, 3.8) is 0 Å². The summed E-state index contributed by atoms with van der Waals surface area (Å²) in [7, 11) is 1.53. The van der Waals surface area contributed by atoms with Crippen molar-refractivity contribution in [3.8, 4) is 5.75 Å². The van der Waals surface area contributed by atoms with Crippen molar-refractivity contribution in [1.82, 2.24) is 5.32 Å². The van der Waals surface area contributed by atoms with E-state index in [2.05, 4.69) is 10.6 Å². The Kier molecular flexibility index (Phi) is 5.06. The molecule has 1 heterocycles. The van der Waals surface area contributed by atoms with E-state index in [-0.39, 0.29) is 30.6 Å². The van der Waals surface area contributed by atoms with Gasteiger partial charge in [0, 0.05) is 7.05 Å². The first-order valence-electron chi connectivity index (χ1n) is 8.26.